The molecule has 6 heteroatoms. The Kier molecular flexibility index (Phi) is 3.18. The molecule has 6 nitrogen and oxygen atoms in total. The van der Waals surface area contributed by atoms with Crippen molar-refractivity contribution in [2.45, 2.75) is 37.8 Å². The second-order valence-electron chi connectivity index (χ2n) is 5.45. The molecule has 1 aliphatic carbocycles. The Balaban J connectivity index is 1.67. The number of amides is 2. The zero-order chi connectivity index (χ0) is 14.1. The van der Waals surface area contributed by atoms with Crippen LogP contribution in [0.4, 0.5) is 0 Å². The number of nitrogens with zero attached hydrogens (tertiary/aromatic N) is 1. The van der Waals surface area contributed by atoms with Crippen molar-refractivity contribution < 1.29 is 9.59 Å². The lowest BCUT2D eigenvalue weighted by Crippen LogP contribution is -2.56. The van der Waals surface area contributed by atoms with Crippen molar-refractivity contribution in [2.75, 3.05) is 0 Å². The predicted molar refractivity (Wildman–Crippen MR) is 70.7 cm³/mol. The molecule has 3 rings (SSSR count). The summed E-state index contributed by atoms with van der Waals surface area (Å²) in [6, 6.07) is 5.15. The summed E-state index contributed by atoms with van der Waals surface area (Å²) in [5.41, 5.74) is 0.749. The van der Waals surface area contributed by atoms with Gasteiger partial charge in [-0.1, -0.05) is 0 Å². The summed E-state index contributed by atoms with van der Waals surface area (Å²) in [6.07, 6.45) is 3.34. The lowest BCUT2D eigenvalue weighted by atomic mass is 9.94. The number of nitriles is 1. The molecule has 1 saturated carbocycles. The predicted octanol–water partition coefficient (Wildman–Crippen LogP) is 0.673. The second kappa shape index (κ2) is 5.00. The van der Waals surface area contributed by atoms with Crippen LogP contribution in [0.2, 0.25) is 0 Å². The standard InChI is InChI=1S/C14H16N4O2/c15-7-9-3-4-11(16-9)14(20)17-10-5-6-12(19)18-13(10)8-1-2-8/h3-4,8,10,13,16H,1-2,5-6H2,(H,17,20)(H,18,19)/t10-,13+/m1/s1. The summed E-state index contributed by atoms with van der Waals surface area (Å²) in [5.74, 6) is 0.334. The van der Waals surface area contributed by atoms with Gasteiger partial charge in [0.2, 0.25) is 5.91 Å². The Morgan fingerprint density at radius 1 is 1.35 bits per heavy atom. The van der Waals surface area contributed by atoms with Crippen molar-refractivity contribution >= 4 is 11.8 Å². The van der Waals surface area contributed by atoms with Crippen molar-refractivity contribution in [2.24, 2.45) is 5.92 Å². The molecular formula is C14H16N4O2. The Hall–Kier alpha value is -2.29. The molecule has 0 spiro atoms. The van der Waals surface area contributed by atoms with E-state index in [9.17, 15) is 9.59 Å². The highest BCUT2D eigenvalue weighted by Gasteiger charge is 2.40. The Morgan fingerprint density at radius 3 is 2.80 bits per heavy atom. The topological polar surface area (TPSA) is 97.8 Å². The maximum absolute atomic E-state index is 12.1. The van der Waals surface area contributed by atoms with Gasteiger partial charge in [0, 0.05) is 6.42 Å². The van der Waals surface area contributed by atoms with Gasteiger partial charge in [0.15, 0.2) is 0 Å². The van der Waals surface area contributed by atoms with Gasteiger partial charge < -0.3 is 15.6 Å². The van der Waals surface area contributed by atoms with E-state index >= 15 is 0 Å². The summed E-state index contributed by atoms with van der Waals surface area (Å²) in [4.78, 5) is 26.4. The van der Waals surface area contributed by atoms with Crippen LogP contribution in [-0.4, -0.2) is 28.9 Å². The number of carbonyl (C=O) groups is 2. The smallest absolute Gasteiger partial charge is 0.268 e. The number of rotatable bonds is 3. The zero-order valence-electron chi connectivity index (χ0n) is 11.0. The number of hydrogen-bond donors (Lipinski definition) is 3. The molecule has 2 fully saturated rings. The maximum atomic E-state index is 12.1. The van der Waals surface area contributed by atoms with Crippen LogP contribution in [0.25, 0.3) is 0 Å². The van der Waals surface area contributed by atoms with Crippen molar-refractivity contribution in [3.8, 4) is 6.07 Å². The average molecular weight is 272 g/mol. The second-order valence-corrected chi connectivity index (χ2v) is 5.45. The molecule has 1 aromatic heterocycles. The summed E-state index contributed by atoms with van der Waals surface area (Å²) >= 11 is 0. The molecule has 2 amide bonds. The molecule has 104 valence electrons. The van der Waals surface area contributed by atoms with Crippen LogP contribution < -0.4 is 10.6 Å². The zero-order valence-corrected chi connectivity index (χ0v) is 11.0. The summed E-state index contributed by atoms with van der Waals surface area (Å²) in [7, 11) is 0. The Morgan fingerprint density at radius 2 is 2.15 bits per heavy atom. The SMILES string of the molecule is N#Cc1ccc(C(=O)N[C@@H]2CCC(=O)N[C@H]2C2CC2)[nH]1. The lowest BCUT2D eigenvalue weighted by Gasteiger charge is -2.32. The molecule has 2 heterocycles. The van der Waals surface area contributed by atoms with Crippen LogP contribution in [0.1, 0.15) is 41.9 Å². The van der Waals surface area contributed by atoms with Gasteiger partial charge in [0.05, 0.1) is 12.1 Å². The van der Waals surface area contributed by atoms with Gasteiger partial charge in [0.25, 0.3) is 5.91 Å². The third kappa shape index (κ3) is 2.52. The maximum Gasteiger partial charge on any atom is 0.268 e. The Labute approximate surface area is 116 Å². The van der Waals surface area contributed by atoms with Crippen LogP contribution in [0, 0.1) is 17.2 Å². The van der Waals surface area contributed by atoms with E-state index in [4.69, 9.17) is 5.26 Å². The van der Waals surface area contributed by atoms with Gasteiger partial charge in [0.1, 0.15) is 17.5 Å². The van der Waals surface area contributed by atoms with Gasteiger partial charge in [-0.05, 0) is 37.3 Å². The summed E-state index contributed by atoms with van der Waals surface area (Å²) < 4.78 is 0. The molecule has 3 N–H and O–H groups in total. The van der Waals surface area contributed by atoms with Crippen LogP contribution in [-0.2, 0) is 4.79 Å². The number of carbonyl (C=O) groups excluding carboxylic acids is 2. The molecule has 1 aromatic rings. The van der Waals surface area contributed by atoms with Crippen LogP contribution in [0.15, 0.2) is 12.1 Å². The highest BCUT2D eigenvalue weighted by molar-refractivity contribution is 5.93. The fraction of sp³-hybridized carbons (Fsp3) is 0.500. The first-order chi connectivity index (χ1) is 9.67. The summed E-state index contributed by atoms with van der Waals surface area (Å²) in [5, 5.41) is 14.7. The highest BCUT2D eigenvalue weighted by Crippen LogP contribution is 2.36. The van der Waals surface area contributed by atoms with Gasteiger partial charge in [-0.25, -0.2) is 0 Å². The van der Waals surface area contributed by atoms with E-state index in [1.807, 2.05) is 6.07 Å². The van der Waals surface area contributed by atoms with Crippen molar-refractivity contribution in [3.05, 3.63) is 23.5 Å². The fourth-order valence-electron chi connectivity index (χ4n) is 2.73. The Bertz CT molecular complexity index is 582. The van der Waals surface area contributed by atoms with Crippen molar-refractivity contribution in [3.63, 3.8) is 0 Å². The fourth-order valence-corrected chi connectivity index (χ4v) is 2.73. The van der Waals surface area contributed by atoms with Crippen LogP contribution >= 0.6 is 0 Å². The molecule has 0 radical (unpaired) electrons. The monoisotopic (exact) mass is 272 g/mol. The van der Waals surface area contributed by atoms with Crippen LogP contribution in [0.5, 0.6) is 0 Å². The van der Waals surface area contributed by atoms with E-state index in [0.29, 0.717) is 30.1 Å². The van der Waals surface area contributed by atoms with E-state index in [-0.39, 0.29) is 23.9 Å². The lowest BCUT2D eigenvalue weighted by molar-refractivity contribution is -0.124. The van der Waals surface area contributed by atoms with E-state index in [2.05, 4.69) is 15.6 Å². The molecule has 1 saturated heterocycles. The van der Waals surface area contributed by atoms with Gasteiger partial charge in [-0.3, -0.25) is 9.59 Å². The van der Waals surface area contributed by atoms with E-state index in [0.717, 1.165) is 12.8 Å². The first-order valence-corrected chi connectivity index (χ1v) is 6.86. The number of nitrogens with one attached hydrogen (secondary N) is 3. The van der Waals surface area contributed by atoms with Crippen LogP contribution in [0.3, 0.4) is 0 Å². The first kappa shape index (κ1) is 12.7. The first-order valence-electron chi connectivity index (χ1n) is 6.86. The molecule has 20 heavy (non-hydrogen) atoms. The number of aromatic nitrogens is 1. The largest absolute Gasteiger partial charge is 0.351 e. The van der Waals surface area contributed by atoms with E-state index in [1.165, 1.54) is 0 Å². The van der Waals surface area contributed by atoms with Gasteiger partial charge >= 0.3 is 0 Å². The molecule has 1 aliphatic heterocycles. The van der Waals surface area contributed by atoms with Gasteiger partial charge in [-0.2, -0.15) is 5.26 Å². The molecule has 2 atom stereocenters. The van der Waals surface area contributed by atoms with Crippen molar-refractivity contribution in [1.82, 2.24) is 15.6 Å². The quantitative estimate of drug-likeness (QED) is 0.754. The number of hydrogen-bond acceptors (Lipinski definition) is 3. The van der Waals surface area contributed by atoms with E-state index < -0.39 is 0 Å². The minimum absolute atomic E-state index is 0.0264. The minimum atomic E-state index is -0.224. The normalized spacial score (nSPS) is 25.6. The van der Waals surface area contributed by atoms with E-state index in [1.54, 1.807) is 12.1 Å². The summed E-state index contributed by atoms with van der Waals surface area (Å²) in [6.45, 7) is 0. The average Bonchev–Trinajstić information content (AvgIpc) is 3.17. The highest BCUT2D eigenvalue weighted by atomic mass is 16.2. The van der Waals surface area contributed by atoms with Crippen molar-refractivity contribution in [1.29, 1.82) is 5.26 Å². The molecule has 2 aliphatic rings. The third-order valence-corrected chi connectivity index (χ3v) is 3.94. The molecule has 0 aromatic carbocycles. The molecule has 0 bridgehead atoms. The number of aromatic amines is 1. The minimum Gasteiger partial charge on any atom is -0.351 e. The third-order valence-electron chi connectivity index (χ3n) is 3.94. The number of piperidine rings is 1. The molecular weight excluding hydrogens is 256 g/mol. The van der Waals surface area contributed by atoms with Gasteiger partial charge in [-0.15, -0.1) is 0 Å². The molecule has 0 unspecified atom stereocenters. The number of H-pyrrole nitrogens is 1.